The molecule has 122 valence electrons. The number of fused-ring (bicyclic) bond motifs is 2. The minimum absolute atomic E-state index is 0.796. The van der Waals surface area contributed by atoms with Crippen molar-refractivity contribution < 1.29 is 0 Å². The molecule has 2 aromatic carbocycles. The molecule has 0 bridgehead atoms. The van der Waals surface area contributed by atoms with Gasteiger partial charge in [0.2, 0.25) is 0 Å². The molecule has 0 fully saturated rings. The molecule has 5 aromatic rings. The number of rotatable bonds is 4. The maximum Gasteiger partial charge on any atom is 0.193 e. The van der Waals surface area contributed by atoms with Crippen LogP contribution in [0.2, 0.25) is 0 Å². The van der Waals surface area contributed by atoms with Gasteiger partial charge in [0.25, 0.3) is 0 Å². The summed E-state index contributed by atoms with van der Waals surface area (Å²) in [5.74, 6) is 0.796. The molecule has 0 aliphatic carbocycles. The molecular formula is C19H14N4S2. The number of imidazole rings is 2. The van der Waals surface area contributed by atoms with Crippen LogP contribution in [0.1, 0.15) is 5.69 Å². The average Bonchev–Trinajstić information content (AvgIpc) is 3.33. The fourth-order valence-electron chi connectivity index (χ4n) is 2.91. The predicted molar refractivity (Wildman–Crippen MR) is 104 cm³/mol. The quantitative estimate of drug-likeness (QED) is 0.421. The van der Waals surface area contributed by atoms with E-state index >= 15 is 0 Å². The highest BCUT2D eigenvalue weighted by molar-refractivity contribution is 7.98. The first kappa shape index (κ1) is 14.7. The molecule has 0 aliphatic heterocycles. The van der Waals surface area contributed by atoms with Gasteiger partial charge in [-0.15, -0.1) is 11.3 Å². The molecule has 5 rings (SSSR count). The zero-order valence-electron chi connectivity index (χ0n) is 13.2. The first-order valence-corrected chi connectivity index (χ1v) is 9.82. The van der Waals surface area contributed by atoms with Crippen molar-refractivity contribution in [3.05, 3.63) is 78.1 Å². The molecule has 0 amide bonds. The van der Waals surface area contributed by atoms with Gasteiger partial charge < -0.3 is 0 Å². The molecule has 0 N–H and O–H groups in total. The normalized spacial score (nSPS) is 11.5. The molecule has 0 saturated heterocycles. The van der Waals surface area contributed by atoms with Crippen LogP contribution in [0.5, 0.6) is 0 Å². The smallest absolute Gasteiger partial charge is 0.193 e. The number of benzene rings is 2. The summed E-state index contributed by atoms with van der Waals surface area (Å²) in [5.41, 5.74) is 4.34. The second-order valence-electron chi connectivity index (χ2n) is 5.67. The van der Waals surface area contributed by atoms with E-state index in [1.807, 2.05) is 23.7 Å². The van der Waals surface area contributed by atoms with Crippen LogP contribution in [0.15, 0.2) is 77.5 Å². The summed E-state index contributed by atoms with van der Waals surface area (Å²) in [6.07, 6.45) is 4.13. The highest BCUT2D eigenvalue weighted by atomic mass is 32.2. The maximum absolute atomic E-state index is 4.84. The molecule has 0 radical (unpaired) electrons. The van der Waals surface area contributed by atoms with Gasteiger partial charge in [-0.05, 0) is 24.3 Å². The second-order valence-corrected chi connectivity index (χ2v) is 7.48. The number of thioether (sulfide) groups is 1. The third-order valence-corrected chi connectivity index (χ3v) is 5.78. The number of hydrogen-bond acceptors (Lipinski definition) is 4. The van der Waals surface area contributed by atoms with E-state index in [1.54, 1.807) is 23.1 Å². The molecule has 3 heterocycles. The van der Waals surface area contributed by atoms with Gasteiger partial charge in [-0.1, -0.05) is 42.1 Å². The van der Waals surface area contributed by atoms with Crippen molar-refractivity contribution in [2.75, 3.05) is 0 Å². The van der Waals surface area contributed by atoms with E-state index in [0.717, 1.165) is 38.3 Å². The Morgan fingerprint density at radius 3 is 2.68 bits per heavy atom. The van der Waals surface area contributed by atoms with E-state index < -0.39 is 0 Å². The van der Waals surface area contributed by atoms with E-state index in [0.29, 0.717) is 0 Å². The van der Waals surface area contributed by atoms with Crippen molar-refractivity contribution >= 4 is 39.1 Å². The van der Waals surface area contributed by atoms with Gasteiger partial charge in [0.15, 0.2) is 10.1 Å². The highest BCUT2D eigenvalue weighted by Gasteiger charge is 2.13. The van der Waals surface area contributed by atoms with Crippen LogP contribution < -0.4 is 0 Å². The van der Waals surface area contributed by atoms with Gasteiger partial charge >= 0.3 is 0 Å². The van der Waals surface area contributed by atoms with Gasteiger partial charge in [-0.25, -0.2) is 9.97 Å². The molecule has 6 heteroatoms. The Morgan fingerprint density at radius 2 is 1.80 bits per heavy atom. The molecule has 4 nitrogen and oxygen atoms in total. The average molecular weight is 362 g/mol. The van der Waals surface area contributed by atoms with Crippen molar-refractivity contribution in [3.8, 4) is 5.69 Å². The molecule has 0 unspecified atom stereocenters. The lowest BCUT2D eigenvalue weighted by atomic mass is 10.3. The standard InChI is InChI=1S/C19H14N4S2/c1-2-6-15(7-3-1)23-17-9-5-4-8-16(17)21-19(23)25-13-14-12-22-10-11-24-18(22)20-14/h1-12H,13H2. The van der Waals surface area contributed by atoms with Crippen LogP contribution in [0, 0.1) is 0 Å². The number of aromatic nitrogens is 4. The summed E-state index contributed by atoms with van der Waals surface area (Å²) < 4.78 is 4.29. The molecule has 0 atom stereocenters. The Balaban J connectivity index is 1.54. The van der Waals surface area contributed by atoms with Crippen molar-refractivity contribution in [1.82, 2.24) is 18.9 Å². The van der Waals surface area contributed by atoms with Crippen LogP contribution in [-0.4, -0.2) is 18.9 Å². The minimum Gasteiger partial charge on any atom is -0.297 e. The SMILES string of the molecule is c1ccc(-n2c(SCc3cn4ccsc4n3)nc3ccccc32)cc1. The Morgan fingerprint density at radius 1 is 0.960 bits per heavy atom. The Labute approximate surface area is 152 Å². The Hall–Kier alpha value is -2.57. The van der Waals surface area contributed by atoms with Gasteiger partial charge in [-0.2, -0.15) is 0 Å². The van der Waals surface area contributed by atoms with E-state index in [-0.39, 0.29) is 0 Å². The maximum atomic E-state index is 4.84. The van der Waals surface area contributed by atoms with E-state index in [2.05, 4.69) is 62.6 Å². The Bertz CT molecular complexity index is 1130. The second kappa shape index (κ2) is 6.06. The molecule has 0 spiro atoms. The molecule has 3 aromatic heterocycles. The summed E-state index contributed by atoms with van der Waals surface area (Å²) in [7, 11) is 0. The van der Waals surface area contributed by atoms with Crippen molar-refractivity contribution in [2.24, 2.45) is 0 Å². The monoisotopic (exact) mass is 362 g/mol. The van der Waals surface area contributed by atoms with Crippen LogP contribution in [-0.2, 0) is 5.75 Å². The van der Waals surface area contributed by atoms with Crippen LogP contribution in [0.3, 0.4) is 0 Å². The molecular weight excluding hydrogens is 348 g/mol. The zero-order chi connectivity index (χ0) is 16.6. The van der Waals surface area contributed by atoms with Crippen molar-refractivity contribution in [3.63, 3.8) is 0 Å². The van der Waals surface area contributed by atoms with Crippen molar-refractivity contribution in [2.45, 2.75) is 10.9 Å². The van der Waals surface area contributed by atoms with Crippen LogP contribution in [0.4, 0.5) is 0 Å². The Kier molecular flexibility index (Phi) is 3.57. The predicted octanol–water partition coefficient (Wildman–Crippen LogP) is 5.03. The molecule has 0 saturated carbocycles. The number of thiazole rings is 1. The van der Waals surface area contributed by atoms with Gasteiger partial charge in [-0.3, -0.25) is 8.97 Å². The van der Waals surface area contributed by atoms with Gasteiger partial charge in [0.05, 0.1) is 16.7 Å². The number of nitrogens with zero attached hydrogens (tertiary/aromatic N) is 4. The molecule has 0 aliphatic rings. The fraction of sp³-hybridized carbons (Fsp3) is 0.0526. The van der Waals surface area contributed by atoms with Crippen LogP contribution in [0.25, 0.3) is 21.7 Å². The lowest BCUT2D eigenvalue weighted by molar-refractivity contribution is 0.918. The van der Waals surface area contributed by atoms with E-state index in [4.69, 9.17) is 4.98 Å². The summed E-state index contributed by atoms with van der Waals surface area (Å²) in [6.45, 7) is 0. The lowest BCUT2D eigenvalue weighted by Crippen LogP contribution is -1.96. The van der Waals surface area contributed by atoms with Gasteiger partial charge in [0.1, 0.15) is 0 Å². The lowest BCUT2D eigenvalue weighted by Gasteiger charge is -2.08. The summed E-state index contributed by atoms with van der Waals surface area (Å²) in [4.78, 5) is 10.5. The largest absolute Gasteiger partial charge is 0.297 e. The minimum atomic E-state index is 0.796. The summed E-state index contributed by atoms with van der Waals surface area (Å²) in [5, 5.41) is 3.04. The fourth-order valence-corrected chi connectivity index (χ4v) is 4.54. The third kappa shape index (κ3) is 2.63. The summed E-state index contributed by atoms with van der Waals surface area (Å²) in [6, 6.07) is 18.6. The molecule has 25 heavy (non-hydrogen) atoms. The van der Waals surface area contributed by atoms with Crippen molar-refractivity contribution in [1.29, 1.82) is 0 Å². The first-order valence-electron chi connectivity index (χ1n) is 7.95. The van der Waals surface area contributed by atoms with E-state index in [1.165, 1.54) is 0 Å². The summed E-state index contributed by atoms with van der Waals surface area (Å²) >= 11 is 3.38. The van der Waals surface area contributed by atoms with Gasteiger partial charge in [0, 0.05) is 29.2 Å². The number of hydrogen-bond donors (Lipinski definition) is 0. The topological polar surface area (TPSA) is 35.1 Å². The highest BCUT2D eigenvalue weighted by Crippen LogP contribution is 2.30. The first-order chi connectivity index (χ1) is 12.4. The zero-order valence-corrected chi connectivity index (χ0v) is 14.9. The van der Waals surface area contributed by atoms with E-state index in [9.17, 15) is 0 Å². The number of para-hydroxylation sites is 3. The van der Waals surface area contributed by atoms with Crippen LogP contribution >= 0.6 is 23.1 Å². The third-order valence-electron chi connectivity index (χ3n) is 4.04.